The van der Waals surface area contributed by atoms with Gasteiger partial charge in [-0.1, -0.05) is 37.4 Å². The standard InChI is InChI=1S/C14H18ClFN2S/c1-9-5-2-3-7-11(9)17-14(19)18-12-8-4-6-10(15)13(12)16/h4,6,8-9,11H,2-3,5,7H2,1H3,(H2,17,18,19)/t9-,11+/m0/s1. The van der Waals surface area contributed by atoms with Gasteiger partial charge in [-0.25, -0.2) is 4.39 Å². The maximum Gasteiger partial charge on any atom is 0.171 e. The molecule has 0 radical (unpaired) electrons. The van der Waals surface area contributed by atoms with E-state index in [1.54, 1.807) is 12.1 Å². The SMILES string of the molecule is C[C@H]1CCCC[C@H]1NC(=S)Nc1cccc(Cl)c1F. The van der Waals surface area contributed by atoms with Gasteiger partial charge in [-0.3, -0.25) is 0 Å². The summed E-state index contributed by atoms with van der Waals surface area (Å²) in [5.74, 6) is 0.128. The number of rotatable bonds is 2. The molecule has 104 valence electrons. The van der Waals surface area contributed by atoms with Gasteiger partial charge in [0.15, 0.2) is 10.9 Å². The van der Waals surface area contributed by atoms with Crippen molar-refractivity contribution in [3.63, 3.8) is 0 Å². The molecule has 0 aromatic heterocycles. The predicted molar refractivity (Wildman–Crippen MR) is 82.2 cm³/mol. The molecule has 1 fully saturated rings. The van der Waals surface area contributed by atoms with Crippen molar-refractivity contribution in [3.8, 4) is 0 Å². The summed E-state index contributed by atoms with van der Waals surface area (Å²) < 4.78 is 13.7. The lowest BCUT2D eigenvalue weighted by Crippen LogP contribution is -2.43. The second-order valence-corrected chi connectivity index (χ2v) is 5.88. The molecule has 0 amide bonds. The number of anilines is 1. The molecule has 0 heterocycles. The Morgan fingerprint density at radius 3 is 2.84 bits per heavy atom. The van der Waals surface area contributed by atoms with Crippen LogP contribution in [0.4, 0.5) is 10.1 Å². The van der Waals surface area contributed by atoms with E-state index < -0.39 is 5.82 Å². The van der Waals surface area contributed by atoms with Gasteiger partial charge in [0.1, 0.15) is 0 Å². The van der Waals surface area contributed by atoms with Crippen molar-refractivity contribution in [2.45, 2.75) is 38.6 Å². The average molecular weight is 301 g/mol. The minimum Gasteiger partial charge on any atom is -0.359 e. The monoisotopic (exact) mass is 300 g/mol. The van der Waals surface area contributed by atoms with Crippen molar-refractivity contribution >= 4 is 34.6 Å². The summed E-state index contributed by atoms with van der Waals surface area (Å²) in [4.78, 5) is 0. The molecule has 1 aliphatic rings. The summed E-state index contributed by atoms with van der Waals surface area (Å²) in [6, 6.07) is 5.21. The van der Waals surface area contributed by atoms with Crippen LogP contribution in [-0.2, 0) is 0 Å². The third-order valence-corrected chi connectivity index (χ3v) is 4.14. The molecule has 1 aromatic rings. The van der Waals surface area contributed by atoms with Crippen molar-refractivity contribution in [1.29, 1.82) is 0 Å². The molecule has 2 rings (SSSR count). The van der Waals surface area contributed by atoms with Gasteiger partial charge in [0, 0.05) is 6.04 Å². The Bertz CT molecular complexity index is 467. The summed E-state index contributed by atoms with van der Waals surface area (Å²) in [6.45, 7) is 2.22. The van der Waals surface area contributed by atoms with E-state index in [-0.39, 0.29) is 5.02 Å². The van der Waals surface area contributed by atoms with E-state index in [1.807, 2.05) is 0 Å². The van der Waals surface area contributed by atoms with Gasteiger partial charge in [0.25, 0.3) is 0 Å². The van der Waals surface area contributed by atoms with Crippen LogP contribution in [0.15, 0.2) is 18.2 Å². The first kappa shape index (κ1) is 14.5. The van der Waals surface area contributed by atoms with Gasteiger partial charge >= 0.3 is 0 Å². The highest BCUT2D eigenvalue weighted by molar-refractivity contribution is 7.80. The minimum atomic E-state index is -0.468. The molecule has 1 aliphatic carbocycles. The van der Waals surface area contributed by atoms with Gasteiger partial charge in [0.2, 0.25) is 0 Å². The smallest absolute Gasteiger partial charge is 0.171 e. The molecule has 1 saturated carbocycles. The number of halogens is 2. The Morgan fingerprint density at radius 1 is 1.37 bits per heavy atom. The number of nitrogens with one attached hydrogen (secondary N) is 2. The highest BCUT2D eigenvalue weighted by atomic mass is 35.5. The van der Waals surface area contributed by atoms with Crippen LogP contribution in [0.1, 0.15) is 32.6 Å². The molecular weight excluding hydrogens is 283 g/mol. The molecule has 1 aromatic carbocycles. The Kier molecular flexibility index (Phi) is 4.99. The van der Waals surface area contributed by atoms with Gasteiger partial charge in [-0.05, 0) is 43.1 Å². The van der Waals surface area contributed by atoms with Crippen LogP contribution in [0.25, 0.3) is 0 Å². The summed E-state index contributed by atoms with van der Waals surface area (Å²) in [5, 5.41) is 6.71. The van der Waals surface area contributed by atoms with Crippen LogP contribution in [0.5, 0.6) is 0 Å². The van der Waals surface area contributed by atoms with Crippen molar-refractivity contribution in [1.82, 2.24) is 5.32 Å². The molecule has 2 atom stereocenters. The van der Waals surface area contributed by atoms with Crippen LogP contribution in [-0.4, -0.2) is 11.2 Å². The molecule has 19 heavy (non-hydrogen) atoms. The predicted octanol–water partition coefficient (Wildman–Crippen LogP) is 4.34. The Balaban J connectivity index is 1.95. The second kappa shape index (κ2) is 6.53. The van der Waals surface area contributed by atoms with Crippen LogP contribution >= 0.6 is 23.8 Å². The lowest BCUT2D eigenvalue weighted by Gasteiger charge is -2.30. The normalized spacial score (nSPS) is 22.9. The topological polar surface area (TPSA) is 24.1 Å². The summed E-state index contributed by atoms with van der Waals surface area (Å²) >= 11 is 11.0. The lowest BCUT2D eigenvalue weighted by atomic mass is 9.86. The number of hydrogen-bond acceptors (Lipinski definition) is 1. The first-order valence-corrected chi connectivity index (χ1v) is 7.38. The van der Waals surface area contributed by atoms with Gasteiger partial charge in [-0.2, -0.15) is 0 Å². The third-order valence-electron chi connectivity index (χ3n) is 3.63. The molecule has 5 heteroatoms. The zero-order valence-electron chi connectivity index (χ0n) is 10.9. The van der Waals surface area contributed by atoms with Crippen molar-refractivity contribution in [3.05, 3.63) is 29.0 Å². The van der Waals surface area contributed by atoms with Gasteiger partial charge in [-0.15, -0.1) is 0 Å². The average Bonchev–Trinajstić information content (AvgIpc) is 2.38. The fourth-order valence-corrected chi connectivity index (χ4v) is 2.89. The maximum atomic E-state index is 13.7. The van der Waals surface area contributed by atoms with Crippen LogP contribution in [0.2, 0.25) is 5.02 Å². The zero-order valence-corrected chi connectivity index (χ0v) is 12.5. The van der Waals surface area contributed by atoms with E-state index in [0.29, 0.717) is 22.8 Å². The Morgan fingerprint density at radius 2 is 2.11 bits per heavy atom. The Labute approximate surface area is 123 Å². The van der Waals surface area contributed by atoms with Gasteiger partial charge in [0.05, 0.1) is 10.7 Å². The summed E-state index contributed by atoms with van der Waals surface area (Å²) in [7, 11) is 0. The number of thiocarbonyl (C=S) groups is 1. The van der Waals surface area contributed by atoms with E-state index in [9.17, 15) is 4.39 Å². The molecule has 0 saturated heterocycles. The van der Waals surface area contributed by atoms with Crippen LogP contribution < -0.4 is 10.6 Å². The largest absolute Gasteiger partial charge is 0.359 e. The maximum absolute atomic E-state index is 13.7. The number of benzene rings is 1. The highest BCUT2D eigenvalue weighted by Gasteiger charge is 2.21. The molecule has 2 nitrogen and oxygen atoms in total. The molecule has 0 spiro atoms. The van der Waals surface area contributed by atoms with Crippen molar-refractivity contribution in [2.24, 2.45) is 5.92 Å². The van der Waals surface area contributed by atoms with Crippen LogP contribution in [0, 0.1) is 11.7 Å². The van der Waals surface area contributed by atoms with E-state index in [2.05, 4.69) is 17.6 Å². The van der Waals surface area contributed by atoms with E-state index in [0.717, 1.165) is 6.42 Å². The van der Waals surface area contributed by atoms with Crippen LogP contribution in [0.3, 0.4) is 0 Å². The highest BCUT2D eigenvalue weighted by Crippen LogP contribution is 2.25. The molecule has 0 aliphatic heterocycles. The zero-order chi connectivity index (χ0) is 13.8. The first-order valence-electron chi connectivity index (χ1n) is 6.59. The van der Waals surface area contributed by atoms with E-state index in [1.165, 1.54) is 25.3 Å². The van der Waals surface area contributed by atoms with E-state index >= 15 is 0 Å². The lowest BCUT2D eigenvalue weighted by molar-refractivity contribution is 0.309. The second-order valence-electron chi connectivity index (χ2n) is 5.07. The van der Waals surface area contributed by atoms with Crippen molar-refractivity contribution < 1.29 is 4.39 Å². The van der Waals surface area contributed by atoms with Crippen molar-refractivity contribution in [2.75, 3.05) is 5.32 Å². The molecule has 2 N–H and O–H groups in total. The quantitative estimate of drug-likeness (QED) is 0.794. The molecular formula is C14H18ClFN2S. The summed E-state index contributed by atoms with van der Waals surface area (Å²) in [6.07, 6.45) is 4.82. The Hall–Kier alpha value is -0.870. The third kappa shape index (κ3) is 3.80. The summed E-state index contributed by atoms with van der Waals surface area (Å²) in [5.41, 5.74) is 0.313. The van der Waals surface area contributed by atoms with Gasteiger partial charge < -0.3 is 10.6 Å². The fourth-order valence-electron chi connectivity index (χ4n) is 2.46. The minimum absolute atomic E-state index is 0.0961. The fraction of sp³-hybridized carbons (Fsp3) is 0.500. The first-order chi connectivity index (χ1) is 9.08. The van der Waals surface area contributed by atoms with E-state index in [4.69, 9.17) is 23.8 Å². The molecule has 0 bridgehead atoms. The molecule has 0 unspecified atom stereocenters. The number of hydrogen-bond donors (Lipinski definition) is 2.